The number of nitrogens with one attached hydrogen (secondary N) is 3. The van der Waals surface area contributed by atoms with Crippen LogP contribution >= 0.6 is 0 Å². The lowest BCUT2D eigenvalue weighted by molar-refractivity contribution is 0.262. The first-order valence-corrected chi connectivity index (χ1v) is 12.4. The van der Waals surface area contributed by atoms with Crippen molar-refractivity contribution in [2.24, 2.45) is 5.92 Å². The standard InChI is InChI=1S/C28H28N6O2/c1-17-8-12-20(13-9-17)29-28(35)30-25-16-19(22-5-2-3-6-23(22)27-31-33-34-32-27)15-24-21(18-10-11-18)7-4-14-36-26(24)25/h2-3,5-6,8-9,12-13,15-16,18,21H,4,7,10-11,14H2,1H3,(H2,29,30,35)(H,31,32,33,34). The number of carbonyl (C=O) groups is 1. The lowest BCUT2D eigenvalue weighted by Gasteiger charge is -2.21. The molecule has 3 N–H and O–H groups in total. The third-order valence-corrected chi connectivity index (χ3v) is 7.00. The Labute approximate surface area is 209 Å². The Morgan fingerprint density at radius 2 is 1.81 bits per heavy atom. The molecule has 36 heavy (non-hydrogen) atoms. The van der Waals surface area contributed by atoms with E-state index in [9.17, 15) is 4.79 Å². The van der Waals surface area contributed by atoms with Gasteiger partial charge in [-0.3, -0.25) is 0 Å². The van der Waals surface area contributed by atoms with Crippen LogP contribution in [0.2, 0.25) is 0 Å². The number of aromatic nitrogens is 4. The summed E-state index contributed by atoms with van der Waals surface area (Å²) in [6.07, 6.45) is 4.57. The van der Waals surface area contributed by atoms with Gasteiger partial charge in [-0.15, -0.1) is 10.2 Å². The van der Waals surface area contributed by atoms with Gasteiger partial charge in [0.1, 0.15) is 5.75 Å². The van der Waals surface area contributed by atoms with E-state index in [4.69, 9.17) is 4.74 Å². The molecule has 1 aromatic heterocycles. The van der Waals surface area contributed by atoms with Gasteiger partial charge in [0.2, 0.25) is 5.82 Å². The number of aromatic amines is 1. The molecule has 1 fully saturated rings. The van der Waals surface area contributed by atoms with Crippen LogP contribution in [-0.4, -0.2) is 33.3 Å². The number of carbonyl (C=O) groups excluding carboxylic acids is 1. The van der Waals surface area contributed by atoms with Gasteiger partial charge in [-0.1, -0.05) is 42.0 Å². The van der Waals surface area contributed by atoms with Gasteiger partial charge < -0.3 is 15.4 Å². The molecule has 2 aliphatic rings. The molecule has 0 radical (unpaired) electrons. The SMILES string of the molecule is Cc1ccc(NC(=O)Nc2cc(-c3ccccc3-c3nn[nH]n3)cc3c2OCCCC3C2CC2)cc1. The van der Waals surface area contributed by atoms with Crippen LogP contribution in [0.1, 0.15) is 42.7 Å². The minimum atomic E-state index is -0.305. The molecule has 3 aromatic carbocycles. The predicted molar refractivity (Wildman–Crippen MR) is 139 cm³/mol. The van der Waals surface area contributed by atoms with Gasteiger partial charge in [-0.2, -0.15) is 5.21 Å². The molecule has 8 nitrogen and oxygen atoms in total. The van der Waals surface area contributed by atoms with Crippen molar-refractivity contribution in [3.8, 4) is 28.3 Å². The minimum absolute atomic E-state index is 0.305. The molecule has 1 unspecified atom stereocenters. The minimum Gasteiger partial charge on any atom is -0.491 e. The van der Waals surface area contributed by atoms with Crippen LogP contribution in [0.5, 0.6) is 5.75 Å². The Morgan fingerprint density at radius 3 is 2.56 bits per heavy atom. The van der Waals surface area contributed by atoms with Crippen LogP contribution in [0, 0.1) is 12.8 Å². The van der Waals surface area contributed by atoms with Crippen molar-refractivity contribution < 1.29 is 9.53 Å². The van der Waals surface area contributed by atoms with E-state index in [1.54, 1.807) is 0 Å². The molecular formula is C28H28N6O2. The molecule has 182 valence electrons. The summed E-state index contributed by atoms with van der Waals surface area (Å²) in [5.41, 5.74) is 6.54. The first-order valence-electron chi connectivity index (χ1n) is 12.4. The number of H-pyrrole nitrogens is 1. The second-order valence-corrected chi connectivity index (χ2v) is 9.60. The van der Waals surface area contributed by atoms with Crippen molar-refractivity contribution in [3.63, 3.8) is 0 Å². The molecular weight excluding hydrogens is 452 g/mol. The molecule has 0 bridgehead atoms. The number of tetrazole rings is 1. The fraction of sp³-hybridized carbons (Fsp3) is 0.286. The summed E-state index contributed by atoms with van der Waals surface area (Å²) in [4.78, 5) is 13.1. The number of aryl methyl sites for hydroxylation is 1. The van der Waals surface area contributed by atoms with Gasteiger partial charge >= 0.3 is 6.03 Å². The van der Waals surface area contributed by atoms with E-state index in [0.717, 1.165) is 46.5 Å². The van der Waals surface area contributed by atoms with E-state index in [-0.39, 0.29) is 6.03 Å². The van der Waals surface area contributed by atoms with Gasteiger partial charge in [0.05, 0.1) is 12.3 Å². The van der Waals surface area contributed by atoms with Gasteiger partial charge in [-0.05, 0) is 85.0 Å². The van der Waals surface area contributed by atoms with Crippen LogP contribution in [0.15, 0.2) is 60.7 Å². The fourth-order valence-corrected chi connectivity index (χ4v) is 5.08. The zero-order chi connectivity index (χ0) is 24.5. The first kappa shape index (κ1) is 22.3. The van der Waals surface area contributed by atoms with Crippen LogP contribution < -0.4 is 15.4 Å². The summed E-state index contributed by atoms with van der Waals surface area (Å²) in [5.74, 6) is 2.40. The highest BCUT2D eigenvalue weighted by Crippen LogP contribution is 2.51. The Hall–Kier alpha value is -4.20. The van der Waals surface area contributed by atoms with Crippen LogP contribution in [0.4, 0.5) is 16.2 Å². The van der Waals surface area contributed by atoms with Gasteiger partial charge in [0.25, 0.3) is 0 Å². The summed E-state index contributed by atoms with van der Waals surface area (Å²) in [6, 6.07) is 19.6. The highest BCUT2D eigenvalue weighted by molar-refractivity contribution is 6.01. The summed E-state index contributed by atoms with van der Waals surface area (Å²) in [5, 5.41) is 20.7. The van der Waals surface area contributed by atoms with E-state index in [1.807, 2.05) is 61.5 Å². The number of fused-ring (bicyclic) bond motifs is 1. The maximum atomic E-state index is 13.1. The van der Waals surface area contributed by atoms with Crippen molar-refractivity contribution >= 4 is 17.4 Å². The van der Waals surface area contributed by atoms with E-state index >= 15 is 0 Å². The van der Waals surface area contributed by atoms with Gasteiger partial charge in [0.15, 0.2) is 0 Å². The zero-order valence-corrected chi connectivity index (χ0v) is 20.1. The molecule has 4 aromatic rings. The van der Waals surface area contributed by atoms with E-state index in [0.29, 0.717) is 30.0 Å². The monoisotopic (exact) mass is 480 g/mol. The summed E-state index contributed by atoms with van der Waals surface area (Å²) in [6.45, 7) is 2.66. The van der Waals surface area contributed by atoms with Crippen molar-refractivity contribution in [2.75, 3.05) is 17.2 Å². The average Bonchev–Trinajstić information content (AvgIpc) is 3.62. The lowest BCUT2D eigenvalue weighted by atomic mass is 9.86. The molecule has 1 aliphatic heterocycles. The number of rotatable bonds is 5. The van der Waals surface area contributed by atoms with E-state index in [1.165, 1.54) is 18.4 Å². The average molecular weight is 481 g/mol. The number of anilines is 2. The van der Waals surface area contributed by atoms with Crippen LogP contribution in [0.25, 0.3) is 22.5 Å². The lowest BCUT2D eigenvalue weighted by Crippen LogP contribution is -2.20. The smallest absolute Gasteiger partial charge is 0.323 e. The molecule has 8 heteroatoms. The number of urea groups is 1. The first-order chi connectivity index (χ1) is 17.7. The molecule has 0 spiro atoms. The molecule has 0 saturated heterocycles. The maximum Gasteiger partial charge on any atom is 0.323 e. The second-order valence-electron chi connectivity index (χ2n) is 9.60. The van der Waals surface area contributed by atoms with Gasteiger partial charge in [0, 0.05) is 16.8 Å². The Morgan fingerprint density at radius 1 is 1.00 bits per heavy atom. The second kappa shape index (κ2) is 9.45. The summed E-state index contributed by atoms with van der Waals surface area (Å²) < 4.78 is 6.27. The van der Waals surface area contributed by atoms with E-state index < -0.39 is 0 Å². The van der Waals surface area contributed by atoms with Crippen molar-refractivity contribution in [1.82, 2.24) is 20.6 Å². The highest BCUT2D eigenvalue weighted by atomic mass is 16.5. The van der Waals surface area contributed by atoms with Crippen molar-refractivity contribution in [1.29, 1.82) is 0 Å². The Balaban J connectivity index is 1.42. The quantitative estimate of drug-likeness (QED) is 0.318. The molecule has 1 saturated carbocycles. The molecule has 1 atom stereocenters. The molecule has 2 heterocycles. The normalized spacial score (nSPS) is 17.0. The zero-order valence-electron chi connectivity index (χ0n) is 20.1. The number of amides is 2. The third-order valence-electron chi connectivity index (χ3n) is 7.00. The number of hydrogen-bond donors (Lipinski definition) is 3. The number of benzene rings is 3. The van der Waals surface area contributed by atoms with Gasteiger partial charge in [-0.25, -0.2) is 4.79 Å². The fourth-order valence-electron chi connectivity index (χ4n) is 5.08. The topological polar surface area (TPSA) is 105 Å². The van der Waals surface area contributed by atoms with E-state index in [2.05, 4.69) is 37.3 Å². The number of hydrogen-bond acceptors (Lipinski definition) is 5. The molecule has 6 rings (SSSR count). The number of nitrogens with zero attached hydrogens (tertiary/aromatic N) is 3. The maximum absolute atomic E-state index is 13.1. The Bertz CT molecular complexity index is 1380. The molecule has 2 amide bonds. The summed E-state index contributed by atoms with van der Waals surface area (Å²) >= 11 is 0. The van der Waals surface area contributed by atoms with Crippen molar-refractivity contribution in [3.05, 3.63) is 71.8 Å². The Kier molecular flexibility index (Phi) is 5.85. The number of ether oxygens (including phenoxy) is 1. The highest BCUT2D eigenvalue weighted by Gasteiger charge is 2.36. The largest absolute Gasteiger partial charge is 0.491 e. The van der Waals surface area contributed by atoms with Crippen molar-refractivity contribution in [2.45, 2.75) is 38.5 Å². The molecule has 1 aliphatic carbocycles. The van der Waals surface area contributed by atoms with Crippen LogP contribution in [0.3, 0.4) is 0 Å². The summed E-state index contributed by atoms with van der Waals surface area (Å²) in [7, 11) is 0. The predicted octanol–water partition coefficient (Wildman–Crippen LogP) is 6.15. The third kappa shape index (κ3) is 4.54. The van der Waals surface area contributed by atoms with Crippen LogP contribution in [-0.2, 0) is 0 Å².